The summed E-state index contributed by atoms with van der Waals surface area (Å²) >= 11 is 0. The van der Waals surface area contributed by atoms with Gasteiger partial charge in [-0.2, -0.15) is 5.26 Å². The summed E-state index contributed by atoms with van der Waals surface area (Å²) < 4.78 is 4.22. The normalized spacial score (nSPS) is 11.6. The zero-order valence-corrected chi connectivity index (χ0v) is 16.3. The summed E-state index contributed by atoms with van der Waals surface area (Å²) in [5.41, 5.74) is 1.05. The topological polar surface area (TPSA) is 97.6 Å². The van der Waals surface area contributed by atoms with Crippen LogP contribution in [0, 0.1) is 11.3 Å². The number of hydrogen-bond donors (Lipinski definition) is 1. The van der Waals surface area contributed by atoms with Crippen LogP contribution in [0.2, 0.25) is 0 Å². The summed E-state index contributed by atoms with van der Waals surface area (Å²) in [4.78, 5) is 29.1. The van der Waals surface area contributed by atoms with Gasteiger partial charge in [0, 0.05) is 32.2 Å². The minimum absolute atomic E-state index is 0.106. The predicted molar refractivity (Wildman–Crippen MR) is 104 cm³/mol. The third-order valence-electron chi connectivity index (χ3n) is 4.59. The zero-order valence-electron chi connectivity index (χ0n) is 16.3. The number of anilines is 2. The van der Waals surface area contributed by atoms with Gasteiger partial charge in [0.2, 0.25) is 0 Å². The van der Waals surface area contributed by atoms with E-state index < -0.39 is 11.2 Å². The van der Waals surface area contributed by atoms with E-state index in [0.717, 1.165) is 21.4 Å². The van der Waals surface area contributed by atoms with Gasteiger partial charge >= 0.3 is 5.69 Å². The fraction of sp³-hybridized carbons (Fsp3) is 0.368. The molecule has 140 valence electrons. The molecular weight excluding hydrogens is 344 g/mol. The van der Waals surface area contributed by atoms with Gasteiger partial charge in [-0.3, -0.25) is 13.9 Å². The lowest BCUT2D eigenvalue weighted by Gasteiger charge is -2.17. The highest BCUT2D eigenvalue weighted by Gasteiger charge is 2.21. The number of aromatic nitrogens is 4. The Morgan fingerprint density at radius 2 is 1.74 bits per heavy atom. The lowest BCUT2D eigenvalue weighted by atomic mass is 9.96. The molecule has 0 unspecified atom stereocenters. The molecule has 0 fully saturated rings. The van der Waals surface area contributed by atoms with E-state index in [9.17, 15) is 14.9 Å². The van der Waals surface area contributed by atoms with E-state index in [1.165, 1.54) is 18.7 Å². The van der Waals surface area contributed by atoms with Crippen LogP contribution in [0.5, 0.6) is 0 Å². The molecule has 3 aromatic rings. The standard InChI is InChI=1S/C19H22N6O2/c1-19(2,3)17-22-13-9-11(7-8-14(13)23(17)4)21-15-12(10-20)16(26)25(6)18(27)24(15)5/h7-9,21H,1-6H3. The maximum Gasteiger partial charge on any atom is 0.332 e. The number of benzene rings is 1. The van der Waals surface area contributed by atoms with Crippen LogP contribution in [-0.4, -0.2) is 18.7 Å². The first-order chi connectivity index (χ1) is 12.6. The second kappa shape index (κ2) is 6.13. The Morgan fingerprint density at radius 3 is 2.33 bits per heavy atom. The van der Waals surface area contributed by atoms with Gasteiger partial charge in [-0.1, -0.05) is 20.8 Å². The first kappa shape index (κ1) is 18.5. The van der Waals surface area contributed by atoms with E-state index in [0.29, 0.717) is 5.69 Å². The molecular formula is C19H22N6O2. The molecule has 0 amide bonds. The second-order valence-corrected chi connectivity index (χ2v) is 7.61. The van der Waals surface area contributed by atoms with Crippen LogP contribution in [0.3, 0.4) is 0 Å². The Bertz CT molecular complexity index is 1210. The van der Waals surface area contributed by atoms with Crippen LogP contribution < -0.4 is 16.6 Å². The summed E-state index contributed by atoms with van der Waals surface area (Å²) in [6.07, 6.45) is 0. The molecule has 1 aromatic carbocycles. The Balaban J connectivity index is 2.15. The van der Waals surface area contributed by atoms with Crippen LogP contribution >= 0.6 is 0 Å². The fourth-order valence-corrected chi connectivity index (χ4v) is 3.18. The van der Waals surface area contributed by atoms with Gasteiger partial charge in [-0.05, 0) is 18.2 Å². The number of aryl methyl sites for hydroxylation is 1. The average Bonchev–Trinajstić information content (AvgIpc) is 2.94. The molecule has 2 heterocycles. The molecule has 0 radical (unpaired) electrons. The smallest absolute Gasteiger partial charge is 0.332 e. The average molecular weight is 366 g/mol. The Hall–Kier alpha value is -3.34. The van der Waals surface area contributed by atoms with E-state index in [-0.39, 0.29) is 16.8 Å². The molecule has 0 aliphatic rings. The Labute approximate surface area is 156 Å². The highest BCUT2D eigenvalue weighted by molar-refractivity contribution is 5.81. The van der Waals surface area contributed by atoms with Crippen molar-refractivity contribution in [1.29, 1.82) is 5.26 Å². The van der Waals surface area contributed by atoms with Gasteiger partial charge in [0.25, 0.3) is 5.56 Å². The molecule has 0 saturated carbocycles. The summed E-state index contributed by atoms with van der Waals surface area (Å²) in [6.45, 7) is 6.30. The largest absolute Gasteiger partial charge is 0.340 e. The van der Waals surface area contributed by atoms with Crippen molar-refractivity contribution in [2.45, 2.75) is 26.2 Å². The van der Waals surface area contributed by atoms with Crippen molar-refractivity contribution in [1.82, 2.24) is 18.7 Å². The minimum atomic E-state index is -0.628. The molecule has 3 rings (SSSR count). The number of nitriles is 1. The molecule has 0 aliphatic carbocycles. The Kier molecular flexibility index (Phi) is 4.19. The zero-order chi connectivity index (χ0) is 20.1. The van der Waals surface area contributed by atoms with Gasteiger partial charge in [0.15, 0.2) is 5.56 Å². The van der Waals surface area contributed by atoms with E-state index in [1.54, 1.807) is 0 Å². The lowest BCUT2D eigenvalue weighted by Crippen LogP contribution is -2.39. The summed E-state index contributed by atoms with van der Waals surface area (Å²) in [6, 6.07) is 7.48. The van der Waals surface area contributed by atoms with Gasteiger partial charge in [0.1, 0.15) is 17.7 Å². The number of nitrogens with zero attached hydrogens (tertiary/aromatic N) is 5. The molecule has 27 heavy (non-hydrogen) atoms. The van der Waals surface area contributed by atoms with E-state index in [4.69, 9.17) is 4.98 Å². The van der Waals surface area contributed by atoms with Crippen molar-refractivity contribution < 1.29 is 0 Å². The molecule has 0 atom stereocenters. The SMILES string of the molecule is Cn1c(Nc2ccc3c(c2)nc(C(C)(C)C)n3C)c(C#N)c(=O)n(C)c1=O. The molecule has 8 heteroatoms. The van der Waals surface area contributed by atoms with Gasteiger partial charge < -0.3 is 9.88 Å². The predicted octanol–water partition coefficient (Wildman–Crippen LogP) is 1.88. The molecule has 2 aromatic heterocycles. The molecule has 0 aliphatic heterocycles. The molecule has 0 saturated heterocycles. The Morgan fingerprint density at radius 1 is 1.07 bits per heavy atom. The monoisotopic (exact) mass is 366 g/mol. The minimum Gasteiger partial charge on any atom is -0.340 e. The van der Waals surface area contributed by atoms with Crippen LogP contribution in [0.15, 0.2) is 27.8 Å². The summed E-state index contributed by atoms with van der Waals surface area (Å²) in [7, 11) is 4.84. The summed E-state index contributed by atoms with van der Waals surface area (Å²) in [5.74, 6) is 1.12. The number of rotatable bonds is 2. The lowest BCUT2D eigenvalue weighted by molar-refractivity contribution is 0.526. The van der Waals surface area contributed by atoms with Crippen molar-refractivity contribution >= 4 is 22.5 Å². The van der Waals surface area contributed by atoms with Crippen LogP contribution in [-0.2, 0) is 26.6 Å². The number of imidazole rings is 1. The first-order valence-electron chi connectivity index (χ1n) is 8.50. The van der Waals surface area contributed by atoms with Crippen LogP contribution in [0.1, 0.15) is 32.2 Å². The van der Waals surface area contributed by atoms with Crippen molar-refractivity contribution in [3.05, 3.63) is 50.4 Å². The van der Waals surface area contributed by atoms with Crippen LogP contribution in [0.4, 0.5) is 11.5 Å². The molecule has 8 nitrogen and oxygen atoms in total. The number of nitrogens with one attached hydrogen (secondary N) is 1. The van der Waals surface area contributed by atoms with Crippen LogP contribution in [0.25, 0.3) is 11.0 Å². The highest BCUT2D eigenvalue weighted by atomic mass is 16.2. The van der Waals surface area contributed by atoms with E-state index in [1.807, 2.05) is 35.9 Å². The second-order valence-electron chi connectivity index (χ2n) is 7.61. The number of fused-ring (bicyclic) bond motifs is 1. The maximum absolute atomic E-state index is 12.2. The van der Waals surface area contributed by atoms with E-state index >= 15 is 0 Å². The molecule has 0 spiro atoms. The van der Waals surface area contributed by atoms with Gasteiger partial charge in [-0.25, -0.2) is 9.78 Å². The number of hydrogen-bond acceptors (Lipinski definition) is 5. The third kappa shape index (κ3) is 2.91. The quantitative estimate of drug-likeness (QED) is 0.747. The fourth-order valence-electron chi connectivity index (χ4n) is 3.18. The first-order valence-corrected chi connectivity index (χ1v) is 8.50. The van der Waals surface area contributed by atoms with Gasteiger partial charge in [0.05, 0.1) is 11.0 Å². The summed E-state index contributed by atoms with van der Waals surface area (Å²) in [5, 5.41) is 12.4. The van der Waals surface area contributed by atoms with Crippen molar-refractivity contribution in [3.63, 3.8) is 0 Å². The van der Waals surface area contributed by atoms with Crippen molar-refractivity contribution in [2.24, 2.45) is 21.1 Å². The maximum atomic E-state index is 12.2. The van der Waals surface area contributed by atoms with Crippen molar-refractivity contribution in [2.75, 3.05) is 5.32 Å². The third-order valence-corrected chi connectivity index (χ3v) is 4.59. The molecule has 1 N–H and O–H groups in total. The molecule has 0 bridgehead atoms. The van der Waals surface area contributed by atoms with E-state index in [2.05, 4.69) is 26.1 Å². The van der Waals surface area contributed by atoms with Gasteiger partial charge in [-0.15, -0.1) is 0 Å². The van der Waals surface area contributed by atoms with Crippen molar-refractivity contribution in [3.8, 4) is 6.07 Å². The highest BCUT2D eigenvalue weighted by Crippen LogP contribution is 2.28.